The highest BCUT2D eigenvalue weighted by atomic mass is 13.9. The number of benzene rings is 1. The monoisotopic (exact) mass is 316 g/mol. The van der Waals surface area contributed by atoms with Crippen LogP contribution in [0.4, 0.5) is 0 Å². The molecule has 0 saturated heterocycles. The van der Waals surface area contributed by atoms with Crippen molar-refractivity contribution in [2.75, 3.05) is 0 Å². The van der Waals surface area contributed by atoms with Gasteiger partial charge in [0, 0.05) is 0 Å². The molecule has 23 heavy (non-hydrogen) atoms. The molecule has 0 atom stereocenters. The third kappa shape index (κ3) is 25.7. The topological polar surface area (TPSA) is 0 Å². The lowest BCUT2D eigenvalue weighted by Gasteiger charge is -1.93. The highest BCUT2D eigenvalue weighted by molar-refractivity contribution is 5.19. The Morgan fingerprint density at radius 3 is 1.52 bits per heavy atom. The molecular formula is C23H40. The van der Waals surface area contributed by atoms with E-state index in [2.05, 4.69) is 71.2 Å². The van der Waals surface area contributed by atoms with Gasteiger partial charge in [0.2, 0.25) is 0 Å². The molecule has 0 amide bonds. The van der Waals surface area contributed by atoms with E-state index in [-0.39, 0.29) is 0 Å². The van der Waals surface area contributed by atoms with Crippen LogP contribution in [0.2, 0.25) is 0 Å². The summed E-state index contributed by atoms with van der Waals surface area (Å²) < 4.78 is 0. The number of hydrogen-bond donors (Lipinski definition) is 0. The quantitative estimate of drug-likeness (QED) is 0.387. The van der Waals surface area contributed by atoms with Gasteiger partial charge in [0.25, 0.3) is 0 Å². The lowest BCUT2D eigenvalue weighted by atomic mass is 10.1. The summed E-state index contributed by atoms with van der Waals surface area (Å²) >= 11 is 0. The molecule has 0 nitrogen and oxygen atoms in total. The molecule has 1 rings (SSSR count). The van der Waals surface area contributed by atoms with Crippen LogP contribution < -0.4 is 0 Å². The predicted molar refractivity (Wildman–Crippen MR) is 111 cm³/mol. The summed E-state index contributed by atoms with van der Waals surface area (Å²) in [6.07, 6.45) is 7.73. The van der Waals surface area contributed by atoms with Crippen molar-refractivity contribution in [3.05, 3.63) is 71.8 Å². The van der Waals surface area contributed by atoms with Gasteiger partial charge in [-0.05, 0) is 40.5 Å². The van der Waals surface area contributed by atoms with Crippen LogP contribution in [0.3, 0.4) is 0 Å². The second kappa shape index (κ2) is 20.4. The maximum absolute atomic E-state index is 3.72. The minimum absolute atomic E-state index is 1.11. The average Bonchev–Trinajstić information content (AvgIpc) is 2.53. The van der Waals surface area contributed by atoms with Crippen LogP contribution in [0.5, 0.6) is 0 Å². The van der Waals surface area contributed by atoms with E-state index in [1.54, 1.807) is 0 Å². The Morgan fingerprint density at radius 1 is 0.957 bits per heavy atom. The maximum atomic E-state index is 3.72. The van der Waals surface area contributed by atoms with Crippen molar-refractivity contribution in [2.24, 2.45) is 0 Å². The third-order valence-corrected chi connectivity index (χ3v) is 2.58. The Labute approximate surface area is 147 Å². The Hall–Kier alpha value is -1.56. The molecular weight excluding hydrogens is 276 g/mol. The smallest absolute Gasteiger partial charge is 0.0311 e. The number of allylic oxidation sites excluding steroid dienone is 4. The van der Waals surface area contributed by atoms with Crippen LogP contribution in [0.1, 0.15) is 71.9 Å². The van der Waals surface area contributed by atoms with Crippen molar-refractivity contribution in [2.45, 2.75) is 74.7 Å². The van der Waals surface area contributed by atoms with Crippen LogP contribution in [0.25, 0.3) is 0 Å². The van der Waals surface area contributed by atoms with Gasteiger partial charge in [-0.2, -0.15) is 0 Å². The molecule has 0 aliphatic rings. The summed E-state index contributed by atoms with van der Waals surface area (Å²) in [5.74, 6) is 0. The first-order valence-corrected chi connectivity index (χ1v) is 8.84. The largest absolute Gasteiger partial charge is 0.100 e. The Bertz CT molecular complexity index is 379. The van der Waals surface area contributed by atoms with E-state index in [0.29, 0.717) is 0 Å². The molecule has 0 aliphatic heterocycles. The molecule has 1 aromatic rings. The van der Waals surface area contributed by atoms with Crippen LogP contribution in [0, 0.1) is 13.8 Å². The van der Waals surface area contributed by atoms with E-state index < -0.39 is 0 Å². The lowest BCUT2D eigenvalue weighted by molar-refractivity contribution is 0.942. The number of hydrogen-bond acceptors (Lipinski definition) is 0. The van der Waals surface area contributed by atoms with Gasteiger partial charge < -0.3 is 0 Å². The minimum Gasteiger partial charge on any atom is -0.100 e. The highest BCUT2D eigenvalue weighted by Gasteiger charge is 1.83. The zero-order valence-electron chi connectivity index (χ0n) is 17.0. The Kier molecular flexibility index (Phi) is 23.4. The molecule has 132 valence electrons. The summed E-state index contributed by atoms with van der Waals surface area (Å²) in [6, 6.07) is 8.48. The van der Waals surface area contributed by atoms with Crippen LogP contribution >= 0.6 is 0 Å². The van der Waals surface area contributed by atoms with E-state index in [1.165, 1.54) is 35.1 Å². The summed E-state index contributed by atoms with van der Waals surface area (Å²) in [4.78, 5) is 0. The van der Waals surface area contributed by atoms with Crippen molar-refractivity contribution in [1.82, 2.24) is 0 Å². The van der Waals surface area contributed by atoms with Gasteiger partial charge >= 0.3 is 0 Å². The highest BCUT2D eigenvalue weighted by Crippen LogP contribution is 2.03. The van der Waals surface area contributed by atoms with E-state index in [1.807, 2.05) is 33.8 Å². The van der Waals surface area contributed by atoms with Gasteiger partial charge in [0.15, 0.2) is 0 Å². The summed E-state index contributed by atoms with van der Waals surface area (Å²) in [7, 11) is 0. The molecule has 0 N–H and O–H groups in total. The van der Waals surface area contributed by atoms with Gasteiger partial charge in [-0.25, -0.2) is 0 Å². The van der Waals surface area contributed by atoms with Gasteiger partial charge in [-0.1, -0.05) is 99.4 Å². The van der Waals surface area contributed by atoms with Crippen LogP contribution in [0.15, 0.2) is 60.7 Å². The molecule has 0 radical (unpaired) electrons. The third-order valence-electron chi connectivity index (χ3n) is 2.58. The fraction of sp³-hybridized carbons (Fsp3) is 0.478. The second-order valence-corrected chi connectivity index (χ2v) is 5.49. The maximum Gasteiger partial charge on any atom is -0.0311 e. The van der Waals surface area contributed by atoms with Crippen LogP contribution in [-0.4, -0.2) is 0 Å². The fourth-order valence-electron chi connectivity index (χ4n) is 1.34. The van der Waals surface area contributed by atoms with Crippen molar-refractivity contribution in [3.63, 3.8) is 0 Å². The van der Waals surface area contributed by atoms with E-state index in [4.69, 9.17) is 0 Å². The Morgan fingerprint density at radius 2 is 1.30 bits per heavy atom. The zero-order valence-corrected chi connectivity index (χ0v) is 17.0. The molecule has 0 saturated carbocycles. The van der Waals surface area contributed by atoms with Gasteiger partial charge in [-0.3, -0.25) is 0 Å². The SMILES string of the molecule is C=C(C)C.C=C/C(=C\CCC)CC.CC.Cc1ccc(C)cc1. The van der Waals surface area contributed by atoms with Crippen molar-refractivity contribution < 1.29 is 0 Å². The van der Waals surface area contributed by atoms with Gasteiger partial charge in [0.05, 0.1) is 0 Å². The van der Waals surface area contributed by atoms with E-state index in [0.717, 1.165) is 6.42 Å². The minimum atomic E-state index is 1.11. The van der Waals surface area contributed by atoms with E-state index >= 15 is 0 Å². The predicted octanol–water partition coefficient (Wildman–Crippen LogP) is 8.22. The first-order valence-electron chi connectivity index (χ1n) is 8.84. The number of unbranched alkanes of at least 4 members (excludes halogenated alkanes) is 1. The molecule has 0 heterocycles. The molecule has 0 spiro atoms. The lowest BCUT2D eigenvalue weighted by Crippen LogP contribution is -1.72. The molecule has 0 fully saturated rings. The van der Waals surface area contributed by atoms with E-state index in [9.17, 15) is 0 Å². The van der Waals surface area contributed by atoms with Crippen molar-refractivity contribution in [3.8, 4) is 0 Å². The Balaban J connectivity index is -0.000000262. The van der Waals surface area contributed by atoms with Gasteiger partial charge in [0.1, 0.15) is 0 Å². The average molecular weight is 317 g/mol. The normalized spacial score (nSPS) is 9.13. The molecule has 0 heteroatoms. The standard InChI is InChI=1S/C9H16.C8H10.C4H8.C2H6/c1-4-7-8-9(5-2)6-3;1-7-3-5-8(2)6-4-7;1-4(2)3;1-2/h5,8H,2,4,6-7H2,1,3H3;3-6H,1-2H3;1H2,2-3H3;1-2H3/b9-8+;;;. The molecule has 0 bridgehead atoms. The zero-order chi connectivity index (χ0) is 18.7. The molecule has 0 aromatic heterocycles. The van der Waals surface area contributed by atoms with Gasteiger partial charge in [-0.15, -0.1) is 6.58 Å². The summed E-state index contributed by atoms with van der Waals surface area (Å²) in [5.41, 5.74) is 5.20. The second-order valence-electron chi connectivity index (χ2n) is 5.49. The fourth-order valence-corrected chi connectivity index (χ4v) is 1.34. The van der Waals surface area contributed by atoms with Crippen LogP contribution in [-0.2, 0) is 0 Å². The van der Waals surface area contributed by atoms with Crippen molar-refractivity contribution in [1.29, 1.82) is 0 Å². The van der Waals surface area contributed by atoms with Crippen molar-refractivity contribution >= 4 is 0 Å². The summed E-state index contributed by atoms with van der Waals surface area (Å²) in [6.45, 7) is 23.8. The first-order chi connectivity index (χ1) is 10.9. The summed E-state index contributed by atoms with van der Waals surface area (Å²) in [5, 5.41) is 0. The number of aryl methyl sites for hydroxylation is 2. The first kappa shape index (κ1) is 26.3. The molecule has 0 unspecified atom stereocenters. The number of rotatable bonds is 4. The molecule has 1 aromatic carbocycles. The molecule has 0 aliphatic carbocycles.